The zero-order chi connectivity index (χ0) is 15.9. The van der Waals surface area contributed by atoms with Crippen LogP contribution in [0.4, 0.5) is 4.79 Å². The molecule has 2 rings (SSSR count). The summed E-state index contributed by atoms with van der Waals surface area (Å²) in [7, 11) is 1.27. The third-order valence-electron chi connectivity index (χ3n) is 2.99. The number of hydrogen-bond acceptors (Lipinski definition) is 5. The summed E-state index contributed by atoms with van der Waals surface area (Å²) in [6.07, 6.45) is -0.563. The first kappa shape index (κ1) is 15.6. The fourth-order valence-electron chi connectivity index (χ4n) is 1.81. The van der Waals surface area contributed by atoms with Crippen molar-refractivity contribution in [2.45, 2.75) is 19.6 Å². The number of nitrogens with one attached hydrogen (secondary N) is 1. The maximum atomic E-state index is 11.7. The topological polar surface area (TPSA) is 77.8 Å². The number of benzene rings is 1. The number of ether oxygens (including phenoxy) is 2. The number of furan rings is 1. The third kappa shape index (κ3) is 4.12. The quantitative estimate of drug-likeness (QED) is 0.859. The average molecular weight is 303 g/mol. The zero-order valence-corrected chi connectivity index (χ0v) is 12.4. The highest BCUT2D eigenvalue weighted by Gasteiger charge is 2.17. The first-order valence-electron chi connectivity index (χ1n) is 6.75. The van der Waals surface area contributed by atoms with Gasteiger partial charge in [0.1, 0.15) is 12.4 Å². The number of alkyl carbamates (subject to hydrolysis) is 1. The minimum absolute atomic E-state index is 0.0869. The smallest absolute Gasteiger partial charge is 0.408 e. The van der Waals surface area contributed by atoms with E-state index >= 15 is 0 Å². The molecule has 0 aliphatic carbocycles. The summed E-state index contributed by atoms with van der Waals surface area (Å²) in [5.74, 6) is -0.0361. The molecule has 0 spiro atoms. The lowest BCUT2D eigenvalue weighted by atomic mass is 10.2. The number of esters is 1. The molecule has 1 N–H and O–H groups in total. The van der Waals surface area contributed by atoms with E-state index in [1.165, 1.54) is 13.2 Å². The first-order valence-corrected chi connectivity index (χ1v) is 6.75. The molecule has 2 aromatic rings. The first-order chi connectivity index (χ1) is 10.6. The van der Waals surface area contributed by atoms with E-state index in [2.05, 4.69) is 10.1 Å². The largest absolute Gasteiger partial charge is 0.463 e. The Labute approximate surface area is 128 Å². The highest BCUT2D eigenvalue weighted by Crippen LogP contribution is 2.17. The summed E-state index contributed by atoms with van der Waals surface area (Å²) in [4.78, 5) is 23.0. The van der Waals surface area contributed by atoms with Gasteiger partial charge in [-0.3, -0.25) is 0 Å². The van der Waals surface area contributed by atoms with Crippen LogP contribution in [0, 0.1) is 0 Å². The van der Waals surface area contributed by atoms with Crippen molar-refractivity contribution in [3.63, 3.8) is 0 Å². The molecule has 0 bridgehead atoms. The van der Waals surface area contributed by atoms with Crippen LogP contribution >= 0.6 is 0 Å². The second-order valence-electron chi connectivity index (χ2n) is 4.62. The van der Waals surface area contributed by atoms with Crippen LogP contribution < -0.4 is 5.32 Å². The molecule has 116 valence electrons. The molecule has 0 radical (unpaired) electrons. The van der Waals surface area contributed by atoms with E-state index in [9.17, 15) is 9.59 Å². The highest BCUT2D eigenvalue weighted by atomic mass is 16.5. The van der Waals surface area contributed by atoms with Gasteiger partial charge in [0.25, 0.3) is 0 Å². The van der Waals surface area contributed by atoms with Crippen molar-refractivity contribution in [1.29, 1.82) is 0 Å². The molecule has 0 aliphatic heterocycles. The number of carbonyl (C=O) groups is 2. The second-order valence-corrected chi connectivity index (χ2v) is 4.62. The Morgan fingerprint density at radius 3 is 2.59 bits per heavy atom. The van der Waals surface area contributed by atoms with E-state index in [1.807, 2.05) is 30.3 Å². The molecule has 6 heteroatoms. The van der Waals surface area contributed by atoms with Gasteiger partial charge in [-0.05, 0) is 24.6 Å². The standard InChI is InChI=1S/C16H17NO5/c1-11(13-8-9-14(22-13)15(18)20-2)17-16(19)21-10-12-6-4-3-5-7-12/h3-9,11H,10H2,1-2H3,(H,17,19)/t11-/m0/s1. The van der Waals surface area contributed by atoms with E-state index in [0.717, 1.165) is 5.56 Å². The molecule has 0 fully saturated rings. The second kappa shape index (κ2) is 7.31. The highest BCUT2D eigenvalue weighted by molar-refractivity contribution is 5.86. The van der Waals surface area contributed by atoms with Crippen LogP contribution in [-0.2, 0) is 16.1 Å². The lowest BCUT2D eigenvalue weighted by Gasteiger charge is -2.11. The van der Waals surface area contributed by atoms with Crippen molar-refractivity contribution in [2.24, 2.45) is 0 Å². The summed E-state index contributed by atoms with van der Waals surface area (Å²) in [6, 6.07) is 12.0. The predicted molar refractivity (Wildman–Crippen MR) is 78.2 cm³/mol. The molecule has 1 amide bonds. The van der Waals surface area contributed by atoms with Gasteiger partial charge in [-0.1, -0.05) is 30.3 Å². The van der Waals surface area contributed by atoms with Crippen molar-refractivity contribution < 1.29 is 23.5 Å². The van der Waals surface area contributed by atoms with Crippen LogP contribution in [-0.4, -0.2) is 19.2 Å². The Balaban J connectivity index is 1.85. The van der Waals surface area contributed by atoms with Gasteiger partial charge in [-0.25, -0.2) is 9.59 Å². The number of amides is 1. The molecule has 1 atom stereocenters. The predicted octanol–water partition coefficient (Wildman–Crippen LogP) is 3.05. The SMILES string of the molecule is COC(=O)c1ccc([C@H](C)NC(=O)OCc2ccccc2)o1. The monoisotopic (exact) mass is 303 g/mol. The van der Waals surface area contributed by atoms with Gasteiger partial charge in [0.15, 0.2) is 0 Å². The summed E-state index contributed by atoms with van der Waals surface area (Å²) in [5, 5.41) is 2.63. The minimum Gasteiger partial charge on any atom is -0.463 e. The van der Waals surface area contributed by atoms with Crippen LogP contribution in [0.25, 0.3) is 0 Å². The molecule has 0 saturated heterocycles. The molecule has 6 nitrogen and oxygen atoms in total. The van der Waals surface area contributed by atoms with Crippen LogP contribution in [0.3, 0.4) is 0 Å². The summed E-state index contributed by atoms with van der Waals surface area (Å²) >= 11 is 0. The van der Waals surface area contributed by atoms with E-state index in [0.29, 0.717) is 5.76 Å². The van der Waals surface area contributed by atoms with Crippen molar-refractivity contribution in [3.8, 4) is 0 Å². The fourth-order valence-corrected chi connectivity index (χ4v) is 1.81. The van der Waals surface area contributed by atoms with Crippen molar-refractivity contribution >= 4 is 12.1 Å². The number of carbonyl (C=O) groups excluding carboxylic acids is 2. The van der Waals surface area contributed by atoms with Gasteiger partial charge < -0.3 is 19.2 Å². The number of rotatable bonds is 5. The van der Waals surface area contributed by atoms with Crippen molar-refractivity contribution in [2.75, 3.05) is 7.11 Å². The summed E-state index contributed by atoms with van der Waals surface area (Å²) in [6.45, 7) is 1.91. The molecule has 1 aromatic heterocycles. The number of methoxy groups -OCH3 is 1. The van der Waals surface area contributed by atoms with E-state index < -0.39 is 18.1 Å². The Kier molecular flexibility index (Phi) is 5.19. The zero-order valence-electron chi connectivity index (χ0n) is 12.4. The molecular formula is C16H17NO5. The molecule has 0 saturated carbocycles. The molecule has 1 heterocycles. The maximum absolute atomic E-state index is 11.7. The fraction of sp³-hybridized carbons (Fsp3) is 0.250. The Hall–Kier alpha value is -2.76. The van der Waals surface area contributed by atoms with Crippen LogP contribution in [0.15, 0.2) is 46.9 Å². The van der Waals surface area contributed by atoms with Crippen LogP contribution in [0.1, 0.15) is 34.8 Å². The maximum Gasteiger partial charge on any atom is 0.408 e. The van der Waals surface area contributed by atoms with E-state index in [1.54, 1.807) is 13.0 Å². The average Bonchev–Trinajstić information content (AvgIpc) is 3.03. The van der Waals surface area contributed by atoms with Crippen molar-refractivity contribution in [3.05, 3.63) is 59.5 Å². The molecule has 0 unspecified atom stereocenters. The van der Waals surface area contributed by atoms with Gasteiger partial charge in [-0.15, -0.1) is 0 Å². The lowest BCUT2D eigenvalue weighted by Crippen LogP contribution is -2.27. The summed E-state index contributed by atoms with van der Waals surface area (Å²) in [5.41, 5.74) is 0.899. The normalized spacial score (nSPS) is 11.5. The van der Waals surface area contributed by atoms with Gasteiger partial charge in [0.2, 0.25) is 5.76 Å². The Bertz CT molecular complexity index is 635. The molecule has 1 aromatic carbocycles. The summed E-state index contributed by atoms with van der Waals surface area (Å²) < 4.78 is 15.0. The van der Waals surface area contributed by atoms with Crippen LogP contribution in [0.2, 0.25) is 0 Å². The molecular weight excluding hydrogens is 286 g/mol. The lowest BCUT2D eigenvalue weighted by molar-refractivity contribution is 0.0562. The van der Waals surface area contributed by atoms with Gasteiger partial charge in [0.05, 0.1) is 13.2 Å². The van der Waals surface area contributed by atoms with Gasteiger partial charge in [0, 0.05) is 0 Å². The Morgan fingerprint density at radius 1 is 1.18 bits per heavy atom. The minimum atomic E-state index is -0.565. The van der Waals surface area contributed by atoms with Crippen molar-refractivity contribution in [1.82, 2.24) is 5.32 Å². The third-order valence-corrected chi connectivity index (χ3v) is 2.99. The number of hydrogen-bond donors (Lipinski definition) is 1. The Morgan fingerprint density at radius 2 is 1.91 bits per heavy atom. The van der Waals surface area contributed by atoms with E-state index in [-0.39, 0.29) is 12.4 Å². The molecule has 0 aliphatic rings. The van der Waals surface area contributed by atoms with Gasteiger partial charge >= 0.3 is 12.1 Å². The van der Waals surface area contributed by atoms with Crippen LogP contribution in [0.5, 0.6) is 0 Å². The van der Waals surface area contributed by atoms with E-state index in [4.69, 9.17) is 9.15 Å². The van der Waals surface area contributed by atoms with Gasteiger partial charge in [-0.2, -0.15) is 0 Å². The molecule has 22 heavy (non-hydrogen) atoms.